The molecule has 0 bridgehead atoms. The highest BCUT2D eigenvalue weighted by Crippen LogP contribution is 2.27. The number of H-pyrrole nitrogens is 1. The van der Waals surface area contributed by atoms with E-state index >= 15 is 0 Å². The van der Waals surface area contributed by atoms with Gasteiger partial charge in [0.05, 0.1) is 11.4 Å². The van der Waals surface area contributed by atoms with Crippen molar-refractivity contribution < 1.29 is 4.79 Å². The highest BCUT2D eigenvalue weighted by Gasteiger charge is 2.19. The zero-order valence-electron chi connectivity index (χ0n) is 11.8. The molecule has 0 spiro atoms. The molecule has 1 aliphatic carbocycles. The number of carbonyl (C=O) groups is 1. The van der Waals surface area contributed by atoms with Crippen molar-refractivity contribution in [2.45, 2.75) is 51.9 Å². The largest absolute Gasteiger partial charge is 0.395 e. The monoisotopic (exact) mass is 264 g/mol. The number of aromatic nitrogens is 2. The first-order valence-electron chi connectivity index (χ1n) is 7.21. The average Bonchev–Trinajstić information content (AvgIpc) is 2.98. The van der Waals surface area contributed by atoms with Gasteiger partial charge in [-0.3, -0.25) is 9.89 Å². The summed E-state index contributed by atoms with van der Waals surface area (Å²) in [4.78, 5) is 12.0. The summed E-state index contributed by atoms with van der Waals surface area (Å²) in [5.41, 5.74) is 7.59. The van der Waals surface area contributed by atoms with E-state index in [1.165, 1.54) is 25.7 Å². The highest BCUT2D eigenvalue weighted by atomic mass is 16.1. The van der Waals surface area contributed by atoms with Crippen molar-refractivity contribution in [3.8, 4) is 0 Å². The summed E-state index contributed by atoms with van der Waals surface area (Å²) >= 11 is 0. The van der Waals surface area contributed by atoms with Crippen LogP contribution in [0.1, 0.15) is 68.1 Å². The van der Waals surface area contributed by atoms with Crippen LogP contribution in [0.3, 0.4) is 0 Å². The molecule has 19 heavy (non-hydrogen) atoms. The van der Waals surface area contributed by atoms with Crippen molar-refractivity contribution in [3.63, 3.8) is 0 Å². The molecule has 1 amide bonds. The van der Waals surface area contributed by atoms with E-state index in [1.54, 1.807) is 0 Å². The molecule has 0 radical (unpaired) electrons. The molecule has 106 valence electrons. The second-order valence-corrected chi connectivity index (χ2v) is 5.75. The van der Waals surface area contributed by atoms with Gasteiger partial charge in [0.15, 0.2) is 5.69 Å². The van der Waals surface area contributed by atoms with E-state index in [1.807, 2.05) is 13.8 Å². The number of nitrogen functional groups attached to an aromatic ring is 1. The summed E-state index contributed by atoms with van der Waals surface area (Å²) in [5.74, 6) is 0.856. The summed E-state index contributed by atoms with van der Waals surface area (Å²) in [6.07, 6.45) is 6.34. The van der Waals surface area contributed by atoms with E-state index in [-0.39, 0.29) is 11.8 Å². The number of nitrogens with zero attached hydrogens (tertiary/aromatic N) is 1. The van der Waals surface area contributed by atoms with Crippen LogP contribution in [0.25, 0.3) is 0 Å². The molecule has 0 unspecified atom stereocenters. The fourth-order valence-electron chi connectivity index (χ4n) is 2.75. The average molecular weight is 264 g/mol. The Balaban J connectivity index is 1.85. The predicted octanol–water partition coefficient (Wildman–Crippen LogP) is 2.43. The van der Waals surface area contributed by atoms with Gasteiger partial charge < -0.3 is 11.1 Å². The third-order valence-electron chi connectivity index (χ3n) is 3.94. The maximum Gasteiger partial charge on any atom is 0.273 e. The van der Waals surface area contributed by atoms with Gasteiger partial charge in [-0.1, -0.05) is 39.5 Å². The fourth-order valence-corrected chi connectivity index (χ4v) is 2.75. The third-order valence-corrected chi connectivity index (χ3v) is 3.94. The van der Waals surface area contributed by atoms with Crippen molar-refractivity contribution >= 4 is 11.6 Å². The Hall–Kier alpha value is -1.52. The lowest BCUT2D eigenvalue weighted by molar-refractivity contribution is 0.0947. The third kappa shape index (κ3) is 3.28. The fraction of sp³-hybridized carbons (Fsp3) is 0.714. The van der Waals surface area contributed by atoms with Gasteiger partial charge >= 0.3 is 0 Å². The van der Waals surface area contributed by atoms with Crippen LogP contribution in [0, 0.1) is 5.92 Å². The summed E-state index contributed by atoms with van der Waals surface area (Å²) < 4.78 is 0. The number of amides is 1. The van der Waals surface area contributed by atoms with Crippen LogP contribution in [0.4, 0.5) is 5.69 Å². The molecule has 1 aromatic rings. The highest BCUT2D eigenvalue weighted by molar-refractivity contribution is 5.97. The lowest BCUT2D eigenvalue weighted by Crippen LogP contribution is -2.26. The smallest absolute Gasteiger partial charge is 0.273 e. The minimum Gasteiger partial charge on any atom is -0.395 e. The lowest BCUT2D eigenvalue weighted by Gasteiger charge is -2.09. The number of rotatable bonds is 5. The molecule has 0 aliphatic heterocycles. The molecule has 5 heteroatoms. The topological polar surface area (TPSA) is 83.8 Å². The molecule has 1 saturated carbocycles. The molecular formula is C14H24N4O. The molecule has 0 atom stereocenters. The first-order valence-corrected chi connectivity index (χ1v) is 7.21. The summed E-state index contributed by atoms with van der Waals surface area (Å²) in [7, 11) is 0. The van der Waals surface area contributed by atoms with Crippen molar-refractivity contribution in [2.24, 2.45) is 5.92 Å². The van der Waals surface area contributed by atoms with E-state index in [0.29, 0.717) is 17.9 Å². The number of carbonyl (C=O) groups excluding carboxylic acids is 1. The standard InChI is InChI=1S/C14H24N4O/c1-9(2)12-11(15)13(18-17-12)14(19)16-8-7-10-5-3-4-6-10/h9-10H,3-8,15H2,1-2H3,(H,16,19)(H,17,18). The Bertz CT molecular complexity index is 433. The maximum atomic E-state index is 12.0. The lowest BCUT2D eigenvalue weighted by atomic mass is 10.0. The second kappa shape index (κ2) is 6.08. The number of anilines is 1. The van der Waals surface area contributed by atoms with Crippen LogP contribution in [0.2, 0.25) is 0 Å². The molecule has 1 aliphatic rings. The summed E-state index contributed by atoms with van der Waals surface area (Å²) in [6.45, 7) is 4.75. The number of nitrogens with one attached hydrogen (secondary N) is 2. The summed E-state index contributed by atoms with van der Waals surface area (Å²) in [6, 6.07) is 0. The number of hydrogen-bond donors (Lipinski definition) is 3. The number of nitrogens with two attached hydrogens (primary N) is 1. The zero-order chi connectivity index (χ0) is 13.8. The van der Waals surface area contributed by atoms with Gasteiger partial charge in [0, 0.05) is 6.54 Å². The van der Waals surface area contributed by atoms with E-state index < -0.39 is 0 Å². The van der Waals surface area contributed by atoms with E-state index in [0.717, 1.165) is 18.0 Å². The number of hydrogen-bond acceptors (Lipinski definition) is 3. The Kier molecular flexibility index (Phi) is 4.45. The van der Waals surface area contributed by atoms with E-state index in [9.17, 15) is 4.79 Å². The first kappa shape index (κ1) is 13.9. The van der Waals surface area contributed by atoms with E-state index in [4.69, 9.17) is 5.73 Å². The quantitative estimate of drug-likeness (QED) is 0.763. The van der Waals surface area contributed by atoms with Crippen molar-refractivity contribution in [3.05, 3.63) is 11.4 Å². The van der Waals surface area contributed by atoms with Crippen LogP contribution < -0.4 is 11.1 Å². The predicted molar refractivity (Wildman–Crippen MR) is 76.0 cm³/mol. The molecule has 1 aromatic heterocycles. The van der Waals surface area contributed by atoms with E-state index in [2.05, 4.69) is 15.5 Å². The molecule has 5 nitrogen and oxygen atoms in total. The van der Waals surface area contributed by atoms with Gasteiger partial charge in [-0.15, -0.1) is 0 Å². The van der Waals surface area contributed by atoms with Gasteiger partial charge in [-0.2, -0.15) is 5.10 Å². The second-order valence-electron chi connectivity index (χ2n) is 5.75. The van der Waals surface area contributed by atoms with Gasteiger partial charge in [0.2, 0.25) is 0 Å². The molecular weight excluding hydrogens is 240 g/mol. The molecule has 2 rings (SSSR count). The SMILES string of the molecule is CC(C)c1[nH]nc(C(=O)NCCC2CCCC2)c1N. The van der Waals surface area contributed by atoms with Gasteiger partial charge in [0.25, 0.3) is 5.91 Å². The minimum absolute atomic E-state index is 0.168. The first-order chi connectivity index (χ1) is 9.09. The normalized spacial score (nSPS) is 16.2. The molecule has 0 aromatic carbocycles. The van der Waals surface area contributed by atoms with Gasteiger partial charge in [0.1, 0.15) is 0 Å². The maximum absolute atomic E-state index is 12.0. The van der Waals surface area contributed by atoms with Crippen molar-refractivity contribution in [1.82, 2.24) is 15.5 Å². The Morgan fingerprint density at radius 3 is 2.74 bits per heavy atom. The Morgan fingerprint density at radius 1 is 1.47 bits per heavy atom. The molecule has 1 heterocycles. The minimum atomic E-state index is -0.168. The Labute approximate surface area is 114 Å². The van der Waals surface area contributed by atoms with Crippen LogP contribution in [0.15, 0.2) is 0 Å². The van der Waals surface area contributed by atoms with Crippen LogP contribution in [-0.2, 0) is 0 Å². The van der Waals surface area contributed by atoms with Gasteiger partial charge in [-0.25, -0.2) is 0 Å². The Morgan fingerprint density at radius 2 is 2.16 bits per heavy atom. The molecule has 4 N–H and O–H groups in total. The van der Waals surface area contributed by atoms with Crippen molar-refractivity contribution in [1.29, 1.82) is 0 Å². The van der Waals surface area contributed by atoms with Crippen LogP contribution >= 0.6 is 0 Å². The number of aromatic amines is 1. The molecule has 0 saturated heterocycles. The summed E-state index contributed by atoms with van der Waals surface area (Å²) in [5, 5.41) is 9.79. The zero-order valence-corrected chi connectivity index (χ0v) is 11.8. The van der Waals surface area contributed by atoms with Crippen LogP contribution in [-0.4, -0.2) is 22.6 Å². The van der Waals surface area contributed by atoms with Crippen molar-refractivity contribution in [2.75, 3.05) is 12.3 Å². The van der Waals surface area contributed by atoms with Crippen LogP contribution in [0.5, 0.6) is 0 Å². The molecule has 1 fully saturated rings. The van der Waals surface area contributed by atoms with Gasteiger partial charge in [-0.05, 0) is 18.3 Å².